The van der Waals surface area contributed by atoms with E-state index in [-0.39, 0.29) is 12.1 Å². The third-order valence-corrected chi connectivity index (χ3v) is 4.23. The number of aliphatic hydroxyl groups is 1. The molecule has 6 nitrogen and oxygen atoms in total. The molecule has 0 spiro atoms. The average Bonchev–Trinajstić information content (AvgIpc) is 3.02. The molecule has 1 aliphatic rings. The molecule has 1 N–H and O–H groups in total. The van der Waals surface area contributed by atoms with Crippen LogP contribution in [0.15, 0.2) is 36.5 Å². The summed E-state index contributed by atoms with van der Waals surface area (Å²) < 4.78 is 6.87. The van der Waals surface area contributed by atoms with Crippen molar-refractivity contribution in [3.05, 3.63) is 47.8 Å². The molecule has 0 aliphatic carbocycles. The molecule has 0 saturated carbocycles. The van der Waals surface area contributed by atoms with Crippen LogP contribution in [0.3, 0.4) is 0 Å². The molecular formula is C18H23N3O3. The van der Waals surface area contributed by atoms with Gasteiger partial charge in [-0.15, -0.1) is 0 Å². The van der Waals surface area contributed by atoms with Gasteiger partial charge in [0.2, 0.25) is 0 Å². The molecule has 3 rings (SSSR count). The summed E-state index contributed by atoms with van der Waals surface area (Å²) in [6.07, 6.45) is 3.22. The second-order valence-electron chi connectivity index (χ2n) is 6.01. The van der Waals surface area contributed by atoms with E-state index in [1.54, 1.807) is 11.6 Å². The van der Waals surface area contributed by atoms with Crippen molar-refractivity contribution in [1.82, 2.24) is 14.7 Å². The van der Waals surface area contributed by atoms with Gasteiger partial charge in [-0.25, -0.2) is 9.48 Å². The van der Waals surface area contributed by atoms with Crippen molar-refractivity contribution in [2.24, 2.45) is 0 Å². The van der Waals surface area contributed by atoms with E-state index in [1.165, 1.54) is 0 Å². The summed E-state index contributed by atoms with van der Waals surface area (Å²) in [5.41, 5.74) is 2.13. The van der Waals surface area contributed by atoms with Crippen LogP contribution in [-0.2, 0) is 11.3 Å². The zero-order valence-corrected chi connectivity index (χ0v) is 13.9. The van der Waals surface area contributed by atoms with Gasteiger partial charge in [0.05, 0.1) is 18.4 Å². The number of piperidine rings is 1. The van der Waals surface area contributed by atoms with Crippen LogP contribution in [0.4, 0.5) is 0 Å². The summed E-state index contributed by atoms with van der Waals surface area (Å²) in [6.45, 7) is 4.39. The predicted octanol–water partition coefficient (Wildman–Crippen LogP) is 2.01. The van der Waals surface area contributed by atoms with E-state index in [0.717, 1.165) is 37.2 Å². The molecule has 0 unspecified atom stereocenters. The average molecular weight is 329 g/mol. The van der Waals surface area contributed by atoms with E-state index in [0.29, 0.717) is 18.8 Å². The maximum Gasteiger partial charge on any atom is 0.359 e. The molecule has 1 fully saturated rings. The molecule has 24 heavy (non-hydrogen) atoms. The highest BCUT2D eigenvalue weighted by atomic mass is 16.5. The van der Waals surface area contributed by atoms with Crippen molar-refractivity contribution >= 4 is 5.97 Å². The zero-order valence-electron chi connectivity index (χ0n) is 13.9. The fourth-order valence-electron chi connectivity index (χ4n) is 2.93. The molecule has 6 heteroatoms. The van der Waals surface area contributed by atoms with Crippen LogP contribution in [-0.4, -0.2) is 51.6 Å². The number of rotatable bonds is 5. The number of likely N-dealkylation sites (tertiary alicyclic amines) is 1. The summed E-state index contributed by atoms with van der Waals surface area (Å²) in [5.74, 6) is -0.390. The van der Waals surface area contributed by atoms with Gasteiger partial charge in [0.15, 0.2) is 5.69 Å². The van der Waals surface area contributed by atoms with E-state index in [1.807, 2.05) is 36.5 Å². The van der Waals surface area contributed by atoms with Crippen molar-refractivity contribution in [2.45, 2.75) is 32.4 Å². The van der Waals surface area contributed by atoms with Crippen LogP contribution in [0.2, 0.25) is 0 Å². The van der Waals surface area contributed by atoms with Crippen LogP contribution in [0, 0.1) is 0 Å². The first-order valence-corrected chi connectivity index (χ1v) is 8.39. The maximum atomic E-state index is 12.2. The Morgan fingerprint density at radius 2 is 2.00 bits per heavy atom. The summed E-state index contributed by atoms with van der Waals surface area (Å²) in [6, 6.07) is 9.71. The number of hydrogen-bond acceptors (Lipinski definition) is 5. The Labute approximate surface area is 141 Å². The van der Waals surface area contributed by atoms with Crippen LogP contribution in [0.1, 0.15) is 35.8 Å². The zero-order chi connectivity index (χ0) is 16.9. The molecule has 0 bridgehead atoms. The Morgan fingerprint density at radius 1 is 1.29 bits per heavy atom. The van der Waals surface area contributed by atoms with Gasteiger partial charge in [0.25, 0.3) is 0 Å². The number of hydrogen-bond donors (Lipinski definition) is 1. The van der Waals surface area contributed by atoms with Gasteiger partial charge in [-0.2, -0.15) is 5.10 Å². The Kier molecular flexibility index (Phi) is 5.27. The van der Waals surface area contributed by atoms with Crippen LogP contribution in [0.25, 0.3) is 5.69 Å². The number of benzene rings is 1. The Morgan fingerprint density at radius 3 is 2.67 bits per heavy atom. The molecule has 2 aromatic rings. The van der Waals surface area contributed by atoms with Crippen LogP contribution in [0.5, 0.6) is 0 Å². The van der Waals surface area contributed by atoms with Gasteiger partial charge in [0.1, 0.15) is 0 Å². The van der Waals surface area contributed by atoms with Gasteiger partial charge < -0.3 is 9.84 Å². The van der Waals surface area contributed by atoms with Crippen molar-refractivity contribution in [3.63, 3.8) is 0 Å². The molecule has 0 amide bonds. The quantitative estimate of drug-likeness (QED) is 0.850. The summed E-state index contributed by atoms with van der Waals surface area (Å²) >= 11 is 0. The smallest absolute Gasteiger partial charge is 0.359 e. The van der Waals surface area contributed by atoms with E-state index >= 15 is 0 Å². The number of nitrogens with zero attached hydrogens (tertiary/aromatic N) is 3. The van der Waals surface area contributed by atoms with E-state index in [9.17, 15) is 9.90 Å². The van der Waals surface area contributed by atoms with E-state index in [4.69, 9.17) is 4.74 Å². The molecule has 1 aromatic heterocycles. The number of carbonyl (C=O) groups excluding carboxylic acids is 1. The fourth-order valence-corrected chi connectivity index (χ4v) is 2.93. The Hall–Kier alpha value is -2.18. The topological polar surface area (TPSA) is 67.6 Å². The van der Waals surface area contributed by atoms with E-state index in [2.05, 4.69) is 10.00 Å². The second-order valence-corrected chi connectivity index (χ2v) is 6.01. The third kappa shape index (κ3) is 3.83. The van der Waals surface area contributed by atoms with E-state index < -0.39 is 0 Å². The number of aliphatic hydroxyl groups excluding tert-OH is 1. The number of para-hydroxylation sites is 1. The number of esters is 1. The molecule has 2 heterocycles. The van der Waals surface area contributed by atoms with Crippen LogP contribution < -0.4 is 0 Å². The number of aromatic nitrogens is 2. The second kappa shape index (κ2) is 7.59. The molecule has 1 aromatic carbocycles. The molecule has 0 atom stereocenters. The lowest BCUT2D eigenvalue weighted by Crippen LogP contribution is -2.35. The molecule has 1 saturated heterocycles. The van der Waals surface area contributed by atoms with Crippen molar-refractivity contribution < 1.29 is 14.6 Å². The Balaban J connectivity index is 1.85. The largest absolute Gasteiger partial charge is 0.461 e. The normalized spacial score (nSPS) is 16.2. The summed E-state index contributed by atoms with van der Waals surface area (Å²) in [4.78, 5) is 14.5. The predicted molar refractivity (Wildman–Crippen MR) is 90.0 cm³/mol. The third-order valence-electron chi connectivity index (χ3n) is 4.23. The maximum absolute atomic E-state index is 12.2. The summed E-state index contributed by atoms with van der Waals surface area (Å²) in [7, 11) is 0. The highest BCUT2D eigenvalue weighted by Crippen LogP contribution is 2.18. The summed E-state index contributed by atoms with van der Waals surface area (Å²) in [5, 5.41) is 14.1. The van der Waals surface area contributed by atoms with Crippen molar-refractivity contribution in [2.75, 3.05) is 19.7 Å². The van der Waals surface area contributed by atoms with Gasteiger partial charge in [-0.3, -0.25) is 4.90 Å². The highest BCUT2D eigenvalue weighted by molar-refractivity contribution is 5.88. The minimum atomic E-state index is -0.390. The first-order valence-electron chi connectivity index (χ1n) is 8.39. The lowest BCUT2D eigenvalue weighted by atomic mass is 10.1. The molecule has 1 aliphatic heterocycles. The number of ether oxygens (including phenoxy) is 1. The minimum absolute atomic E-state index is 0.210. The van der Waals surface area contributed by atoms with Crippen molar-refractivity contribution in [1.29, 1.82) is 0 Å². The first kappa shape index (κ1) is 16.7. The molecule has 128 valence electrons. The molecular weight excluding hydrogens is 306 g/mol. The lowest BCUT2D eigenvalue weighted by Gasteiger charge is -2.29. The Bertz CT molecular complexity index is 676. The van der Waals surface area contributed by atoms with Gasteiger partial charge >= 0.3 is 5.97 Å². The standard InChI is InChI=1S/C18H23N3O3/c1-2-24-18(23)17-14(12-20-10-8-16(22)9-11-20)13-21(19-17)15-6-4-3-5-7-15/h3-7,13,16,22H,2,8-12H2,1H3. The highest BCUT2D eigenvalue weighted by Gasteiger charge is 2.23. The van der Waals surface area contributed by atoms with Gasteiger partial charge in [-0.05, 0) is 31.9 Å². The minimum Gasteiger partial charge on any atom is -0.461 e. The lowest BCUT2D eigenvalue weighted by molar-refractivity contribution is 0.0512. The monoisotopic (exact) mass is 329 g/mol. The molecule has 0 radical (unpaired) electrons. The van der Waals surface area contributed by atoms with Gasteiger partial charge in [-0.1, -0.05) is 18.2 Å². The fraction of sp³-hybridized carbons (Fsp3) is 0.444. The SMILES string of the molecule is CCOC(=O)c1nn(-c2ccccc2)cc1CN1CCC(O)CC1. The van der Waals surface area contributed by atoms with Gasteiger partial charge in [0, 0.05) is 31.4 Å². The first-order chi connectivity index (χ1) is 11.7. The van der Waals surface area contributed by atoms with Crippen molar-refractivity contribution in [3.8, 4) is 5.69 Å². The number of carbonyl (C=O) groups is 1. The van der Waals surface area contributed by atoms with Crippen LogP contribution >= 0.6 is 0 Å².